The van der Waals surface area contributed by atoms with Crippen molar-refractivity contribution >= 4 is 16.1 Å². The fourth-order valence-corrected chi connectivity index (χ4v) is 4.15. The highest BCUT2D eigenvalue weighted by Crippen LogP contribution is 2.20. The van der Waals surface area contributed by atoms with Crippen molar-refractivity contribution in [2.75, 3.05) is 19.3 Å². The molecule has 7 heteroatoms. The number of nitrogens with zero attached hydrogens (tertiary/aromatic N) is 1. The van der Waals surface area contributed by atoms with E-state index in [4.69, 9.17) is 0 Å². The van der Waals surface area contributed by atoms with E-state index in [9.17, 15) is 13.2 Å². The highest BCUT2D eigenvalue weighted by Gasteiger charge is 2.31. The zero-order chi connectivity index (χ0) is 13.9. The number of hydrogen-bond acceptors (Lipinski definition) is 3. The minimum atomic E-state index is -3.16. The molecule has 0 aromatic carbocycles. The average molecular weight is 289 g/mol. The van der Waals surface area contributed by atoms with E-state index < -0.39 is 10.0 Å². The molecule has 2 rings (SSSR count). The number of amides is 2. The number of sulfonamides is 1. The van der Waals surface area contributed by atoms with E-state index in [1.807, 2.05) is 0 Å². The summed E-state index contributed by atoms with van der Waals surface area (Å²) in [5.74, 6) is 0. The second-order valence-corrected chi connectivity index (χ2v) is 7.44. The lowest BCUT2D eigenvalue weighted by Crippen LogP contribution is -2.47. The van der Waals surface area contributed by atoms with Crippen LogP contribution in [0.4, 0.5) is 4.79 Å². The summed E-state index contributed by atoms with van der Waals surface area (Å²) in [4.78, 5) is 11.7. The molecule has 0 bridgehead atoms. The molecule has 1 unspecified atom stereocenters. The molecule has 0 aromatic rings. The van der Waals surface area contributed by atoms with E-state index in [1.54, 1.807) is 0 Å². The van der Waals surface area contributed by atoms with Gasteiger partial charge in [0, 0.05) is 25.2 Å². The number of nitrogens with one attached hydrogen (secondary N) is 2. The quantitative estimate of drug-likeness (QED) is 0.797. The maximum absolute atomic E-state index is 11.7. The number of rotatable bonds is 4. The monoisotopic (exact) mass is 289 g/mol. The van der Waals surface area contributed by atoms with Gasteiger partial charge in [-0.25, -0.2) is 13.2 Å². The smallest absolute Gasteiger partial charge is 0.315 e. The van der Waals surface area contributed by atoms with Crippen LogP contribution in [0.15, 0.2) is 0 Å². The van der Waals surface area contributed by atoms with Gasteiger partial charge in [0.05, 0.1) is 6.26 Å². The third-order valence-corrected chi connectivity index (χ3v) is 5.27. The first-order chi connectivity index (χ1) is 8.97. The van der Waals surface area contributed by atoms with Crippen LogP contribution >= 0.6 is 0 Å². The van der Waals surface area contributed by atoms with Gasteiger partial charge in [-0.1, -0.05) is 12.8 Å². The second kappa shape index (κ2) is 6.09. The molecular weight excluding hydrogens is 266 g/mol. The van der Waals surface area contributed by atoms with Gasteiger partial charge in [-0.05, 0) is 25.7 Å². The van der Waals surface area contributed by atoms with Crippen LogP contribution in [-0.4, -0.2) is 50.2 Å². The molecule has 0 radical (unpaired) electrons. The van der Waals surface area contributed by atoms with Crippen molar-refractivity contribution in [3.8, 4) is 0 Å². The van der Waals surface area contributed by atoms with Crippen molar-refractivity contribution in [2.45, 2.75) is 50.6 Å². The summed E-state index contributed by atoms with van der Waals surface area (Å²) in [7, 11) is -3.16. The zero-order valence-corrected chi connectivity index (χ0v) is 12.2. The van der Waals surface area contributed by atoms with Gasteiger partial charge in [0.25, 0.3) is 0 Å². The Labute approximate surface area is 115 Å². The van der Waals surface area contributed by atoms with Gasteiger partial charge in [-0.2, -0.15) is 4.31 Å². The molecule has 2 amide bonds. The van der Waals surface area contributed by atoms with Gasteiger partial charge in [0.2, 0.25) is 10.0 Å². The summed E-state index contributed by atoms with van der Waals surface area (Å²) in [5.41, 5.74) is 0. The van der Waals surface area contributed by atoms with Crippen LogP contribution in [0.5, 0.6) is 0 Å². The first-order valence-corrected chi connectivity index (χ1v) is 8.83. The van der Waals surface area contributed by atoms with Crippen LogP contribution in [0.3, 0.4) is 0 Å². The van der Waals surface area contributed by atoms with Crippen molar-refractivity contribution in [1.29, 1.82) is 0 Å². The molecule has 6 nitrogen and oxygen atoms in total. The largest absolute Gasteiger partial charge is 0.337 e. The maximum atomic E-state index is 11.7. The van der Waals surface area contributed by atoms with Crippen LogP contribution in [0.1, 0.15) is 38.5 Å². The third kappa shape index (κ3) is 4.07. The number of urea groups is 1. The van der Waals surface area contributed by atoms with Crippen molar-refractivity contribution in [2.24, 2.45) is 0 Å². The lowest BCUT2D eigenvalue weighted by Gasteiger charge is -2.23. The first kappa shape index (κ1) is 14.6. The molecule has 110 valence electrons. The average Bonchev–Trinajstić information content (AvgIpc) is 2.95. The summed E-state index contributed by atoms with van der Waals surface area (Å²) in [6.45, 7) is 0.959. The van der Waals surface area contributed by atoms with E-state index >= 15 is 0 Å². The van der Waals surface area contributed by atoms with Crippen LogP contribution < -0.4 is 10.6 Å². The van der Waals surface area contributed by atoms with E-state index in [0.29, 0.717) is 13.1 Å². The predicted molar refractivity (Wildman–Crippen MR) is 73.4 cm³/mol. The fraction of sp³-hybridized carbons (Fsp3) is 0.917. The van der Waals surface area contributed by atoms with Gasteiger partial charge in [0.15, 0.2) is 0 Å². The fourth-order valence-electron chi connectivity index (χ4n) is 2.97. The van der Waals surface area contributed by atoms with Gasteiger partial charge >= 0.3 is 6.03 Å². The lowest BCUT2D eigenvalue weighted by molar-refractivity contribution is 0.234. The molecule has 1 aliphatic heterocycles. The first-order valence-electron chi connectivity index (χ1n) is 6.98. The van der Waals surface area contributed by atoms with Crippen molar-refractivity contribution < 1.29 is 13.2 Å². The molecular formula is C12H23N3O3S. The highest BCUT2D eigenvalue weighted by molar-refractivity contribution is 7.88. The normalized spacial score (nSPS) is 25.6. The summed E-state index contributed by atoms with van der Waals surface area (Å²) in [5, 5.41) is 5.74. The molecule has 1 heterocycles. The summed E-state index contributed by atoms with van der Waals surface area (Å²) < 4.78 is 24.6. The van der Waals surface area contributed by atoms with Gasteiger partial charge in [-0.15, -0.1) is 0 Å². The Hall–Kier alpha value is -0.820. The van der Waals surface area contributed by atoms with Crippen LogP contribution in [0.25, 0.3) is 0 Å². The Morgan fingerprint density at radius 2 is 1.89 bits per heavy atom. The minimum Gasteiger partial charge on any atom is -0.337 e. The summed E-state index contributed by atoms with van der Waals surface area (Å²) >= 11 is 0. The Balaban J connectivity index is 1.76. The Bertz CT molecular complexity index is 418. The zero-order valence-electron chi connectivity index (χ0n) is 11.4. The molecule has 0 aromatic heterocycles. The maximum Gasteiger partial charge on any atom is 0.315 e. The van der Waals surface area contributed by atoms with Crippen molar-refractivity contribution in [3.05, 3.63) is 0 Å². The molecule has 19 heavy (non-hydrogen) atoms. The lowest BCUT2D eigenvalue weighted by atomic mass is 10.2. The molecule has 2 aliphatic rings. The molecule has 1 aliphatic carbocycles. The van der Waals surface area contributed by atoms with E-state index in [2.05, 4.69) is 10.6 Å². The number of carbonyl (C=O) groups excluding carboxylic acids is 1. The van der Waals surface area contributed by atoms with E-state index in [-0.39, 0.29) is 18.1 Å². The molecule has 1 saturated carbocycles. The number of carbonyl (C=O) groups is 1. The predicted octanol–water partition coefficient (Wildman–Crippen LogP) is 0.652. The SMILES string of the molecule is CS(=O)(=O)N1CCCC1CNC(=O)NC1CCCC1. The molecule has 2 fully saturated rings. The summed E-state index contributed by atoms with van der Waals surface area (Å²) in [6, 6.07) is 0.0196. The van der Waals surface area contributed by atoms with Gasteiger partial charge < -0.3 is 10.6 Å². The molecule has 1 atom stereocenters. The van der Waals surface area contributed by atoms with Crippen molar-refractivity contribution in [1.82, 2.24) is 14.9 Å². The Morgan fingerprint density at radius 3 is 2.53 bits per heavy atom. The molecule has 2 N–H and O–H groups in total. The van der Waals surface area contributed by atoms with Crippen LogP contribution in [0, 0.1) is 0 Å². The van der Waals surface area contributed by atoms with Gasteiger partial charge in [-0.3, -0.25) is 0 Å². The minimum absolute atomic E-state index is 0.0932. The standard InChI is InChI=1S/C12H23N3O3S/c1-19(17,18)15-8-4-7-11(15)9-13-12(16)14-10-5-2-3-6-10/h10-11H,2-9H2,1H3,(H2,13,14,16). The highest BCUT2D eigenvalue weighted by atomic mass is 32.2. The molecule has 1 saturated heterocycles. The summed E-state index contributed by atoms with van der Waals surface area (Å²) in [6.07, 6.45) is 7.35. The van der Waals surface area contributed by atoms with E-state index in [1.165, 1.54) is 23.4 Å². The van der Waals surface area contributed by atoms with Crippen LogP contribution in [0.2, 0.25) is 0 Å². The number of hydrogen-bond donors (Lipinski definition) is 2. The topological polar surface area (TPSA) is 78.5 Å². The van der Waals surface area contributed by atoms with E-state index in [0.717, 1.165) is 25.7 Å². The van der Waals surface area contributed by atoms with Crippen LogP contribution in [-0.2, 0) is 10.0 Å². The Kier molecular flexibility index (Phi) is 4.67. The molecule has 0 spiro atoms. The Morgan fingerprint density at radius 1 is 1.21 bits per heavy atom. The second-order valence-electron chi connectivity index (χ2n) is 5.51. The third-order valence-electron chi connectivity index (χ3n) is 3.94. The van der Waals surface area contributed by atoms with Crippen molar-refractivity contribution in [3.63, 3.8) is 0 Å². The van der Waals surface area contributed by atoms with Gasteiger partial charge in [0.1, 0.15) is 0 Å².